The van der Waals surface area contributed by atoms with Gasteiger partial charge >= 0.3 is 0 Å². The average Bonchev–Trinajstić information content (AvgIpc) is 2.39. The second kappa shape index (κ2) is 4.89. The number of aryl methyl sites for hydroxylation is 1. The molecule has 1 aromatic carbocycles. The van der Waals surface area contributed by atoms with Crippen molar-refractivity contribution in [1.82, 2.24) is 9.97 Å². The number of hydrogen-bond acceptors (Lipinski definition) is 5. The summed E-state index contributed by atoms with van der Waals surface area (Å²) in [5.41, 5.74) is 7.86. The van der Waals surface area contributed by atoms with Gasteiger partial charge < -0.3 is 5.73 Å². The highest BCUT2D eigenvalue weighted by atomic mass is 16.6. The van der Waals surface area contributed by atoms with Crippen LogP contribution in [0.5, 0.6) is 0 Å². The van der Waals surface area contributed by atoms with E-state index in [0.717, 1.165) is 11.1 Å². The number of nitrogens with two attached hydrogens (primary N) is 1. The molecular weight excluding hydrogens is 232 g/mol. The second-order valence-electron chi connectivity index (χ2n) is 3.88. The lowest BCUT2D eigenvalue weighted by Crippen LogP contribution is -2.00. The molecule has 0 bridgehead atoms. The van der Waals surface area contributed by atoms with Crippen LogP contribution in [0.2, 0.25) is 0 Å². The van der Waals surface area contributed by atoms with E-state index in [4.69, 9.17) is 5.73 Å². The molecule has 0 spiro atoms. The van der Waals surface area contributed by atoms with E-state index >= 15 is 0 Å². The van der Waals surface area contributed by atoms with Crippen LogP contribution < -0.4 is 5.73 Å². The maximum atomic E-state index is 10.7. The van der Waals surface area contributed by atoms with E-state index in [1.165, 1.54) is 12.1 Å². The van der Waals surface area contributed by atoms with Crippen molar-refractivity contribution in [2.75, 3.05) is 0 Å². The average molecular weight is 244 g/mol. The van der Waals surface area contributed by atoms with Crippen molar-refractivity contribution in [1.29, 1.82) is 0 Å². The van der Waals surface area contributed by atoms with E-state index in [1.54, 1.807) is 18.5 Å². The van der Waals surface area contributed by atoms with Crippen molar-refractivity contribution < 1.29 is 4.92 Å². The lowest BCUT2D eigenvalue weighted by molar-refractivity contribution is -0.384. The third-order valence-electron chi connectivity index (χ3n) is 2.61. The number of aromatic nitrogens is 2. The van der Waals surface area contributed by atoms with Crippen LogP contribution in [-0.2, 0) is 6.54 Å². The fourth-order valence-corrected chi connectivity index (χ4v) is 1.56. The van der Waals surface area contributed by atoms with E-state index in [9.17, 15) is 10.1 Å². The molecule has 0 aliphatic rings. The number of rotatable bonds is 3. The zero-order valence-corrected chi connectivity index (χ0v) is 9.83. The maximum Gasteiger partial charge on any atom is 0.270 e. The number of nitro benzene ring substituents is 1. The Morgan fingerprint density at radius 2 is 2.00 bits per heavy atom. The third kappa shape index (κ3) is 2.33. The van der Waals surface area contributed by atoms with E-state index in [-0.39, 0.29) is 5.69 Å². The zero-order valence-electron chi connectivity index (χ0n) is 9.83. The zero-order chi connectivity index (χ0) is 13.1. The Kier molecular flexibility index (Phi) is 3.29. The Hall–Kier alpha value is -2.34. The minimum Gasteiger partial charge on any atom is -0.326 e. The monoisotopic (exact) mass is 244 g/mol. The Bertz CT molecular complexity index is 581. The number of hydrogen-bond donors (Lipinski definition) is 1. The summed E-state index contributed by atoms with van der Waals surface area (Å²) in [6.45, 7) is 2.23. The highest BCUT2D eigenvalue weighted by Crippen LogP contribution is 2.24. The van der Waals surface area contributed by atoms with Crippen molar-refractivity contribution in [3.63, 3.8) is 0 Å². The topological polar surface area (TPSA) is 94.9 Å². The van der Waals surface area contributed by atoms with Gasteiger partial charge in [0.1, 0.15) is 0 Å². The van der Waals surface area contributed by atoms with Gasteiger partial charge in [0.25, 0.3) is 5.69 Å². The predicted molar refractivity (Wildman–Crippen MR) is 66.8 cm³/mol. The summed E-state index contributed by atoms with van der Waals surface area (Å²) in [6, 6.07) is 4.63. The first kappa shape index (κ1) is 12.1. The Labute approximate surface area is 104 Å². The summed E-state index contributed by atoms with van der Waals surface area (Å²) in [7, 11) is 0. The molecule has 1 aromatic heterocycles. The summed E-state index contributed by atoms with van der Waals surface area (Å²) >= 11 is 0. The van der Waals surface area contributed by atoms with Crippen molar-refractivity contribution in [2.45, 2.75) is 13.5 Å². The number of benzene rings is 1. The molecule has 0 amide bonds. The fourth-order valence-electron chi connectivity index (χ4n) is 1.56. The van der Waals surface area contributed by atoms with Gasteiger partial charge in [0.2, 0.25) is 0 Å². The van der Waals surface area contributed by atoms with Gasteiger partial charge in [-0.2, -0.15) is 0 Å². The number of nitro groups is 1. The fraction of sp³-hybridized carbons (Fsp3) is 0.167. The van der Waals surface area contributed by atoms with E-state index in [0.29, 0.717) is 17.9 Å². The number of nitrogens with zero attached hydrogens (tertiary/aromatic N) is 3. The summed E-state index contributed by atoms with van der Waals surface area (Å²) < 4.78 is 0. The normalized spacial score (nSPS) is 10.3. The molecule has 18 heavy (non-hydrogen) atoms. The molecule has 2 N–H and O–H groups in total. The van der Waals surface area contributed by atoms with Gasteiger partial charge in [-0.1, -0.05) is 6.07 Å². The molecule has 2 aromatic rings. The van der Waals surface area contributed by atoms with E-state index < -0.39 is 4.92 Å². The Balaban J connectivity index is 2.48. The van der Waals surface area contributed by atoms with Gasteiger partial charge in [-0.3, -0.25) is 10.1 Å². The molecule has 0 radical (unpaired) electrons. The smallest absolute Gasteiger partial charge is 0.270 e. The van der Waals surface area contributed by atoms with Crippen LogP contribution in [0.3, 0.4) is 0 Å². The Morgan fingerprint density at radius 1 is 1.33 bits per heavy atom. The summed E-state index contributed by atoms with van der Waals surface area (Å²) in [5.74, 6) is 0.466. The quantitative estimate of drug-likeness (QED) is 0.656. The lowest BCUT2D eigenvalue weighted by Gasteiger charge is -2.04. The second-order valence-corrected chi connectivity index (χ2v) is 3.88. The van der Waals surface area contributed by atoms with Crippen LogP contribution in [0.4, 0.5) is 5.69 Å². The molecule has 92 valence electrons. The van der Waals surface area contributed by atoms with Crippen molar-refractivity contribution in [2.24, 2.45) is 5.73 Å². The molecule has 0 unspecified atom stereocenters. The first-order chi connectivity index (χ1) is 8.61. The standard InChI is InChI=1S/C12H12N4O2/c1-8-2-3-10(16(17)18)4-11(8)12-14-6-9(5-13)7-15-12/h2-4,6-7H,5,13H2,1H3. The Morgan fingerprint density at radius 3 is 2.56 bits per heavy atom. The molecule has 0 fully saturated rings. The largest absolute Gasteiger partial charge is 0.326 e. The van der Waals surface area contributed by atoms with Gasteiger partial charge in [-0.25, -0.2) is 9.97 Å². The van der Waals surface area contributed by atoms with Gasteiger partial charge in [0.05, 0.1) is 4.92 Å². The molecule has 1 heterocycles. The van der Waals surface area contributed by atoms with Crippen LogP contribution in [0.15, 0.2) is 30.6 Å². The third-order valence-corrected chi connectivity index (χ3v) is 2.61. The number of non-ortho nitro benzene ring substituents is 1. The van der Waals surface area contributed by atoms with Crippen molar-refractivity contribution in [3.8, 4) is 11.4 Å². The van der Waals surface area contributed by atoms with Crippen LogP contribution in [0.1, 0.15) is 11.1 Å². The van der Waals surface area contributed by atoms with Crippen molar-refractivity contribution in [3.05, 3.63) is 51.8 Å². The van der Waals surface area contributed by atoms with Crippen molar-refractivity contribution >= 4 is 5.69 Å². The van der Waals surface area contributed by atoms with E-state index in [2.05, 4.69) is 9.97 Å². The molecular formula is C12H12N4O2. The molecule has 0 saturated heterocycles. The lowest BCUT2D eigenvalue weighted by atomic mass is 10.1. The molecule has 0 aliphatic heterocycles. The summed E-state index contributed by atoms with van der Waals surface area (Å²) in [4.78, 5) is 18.6. The molecule has 0 atom stereocenters. The molecule has 0 aliphatic carbocycles. The SMILES string of the molecule is Cc1ccc([N+](=O)[O-])cc1-c1ncc(CN)cn1. The first-order valence-electron chi connectivity index (χ1n) is 5.38. The molecule has 0 saturated carbocycles. The first-order valence-corrected chi connectivity index (χ1v) is 5.38. The van der Waals surface area contributed by atoms with Gasteiger partial charge in [0, 0.05) is 42.2 Å². The van der Waals surface area contributed by atoms with Gasteiger partial charge in [-0.15, -0.1) is 0 Å². The predicted octanol–water partition coefficient (Wildman–Crippen LogP) is 1.82. The molecule has 6 heteroatoms. The highest BCUT2D eigenvalue weighted by Gasteiger charge is 2.11. The maximum absolute atomic E-state index is 10.7. The highest BCUT2D eigenvalue weighted by molar-refractivity contribution is 5.63. The molecule has 2 rings (SSSR count). The van der Waals surface area contributed by atoms with Gasteiger partial charge in [0.15, 0.2) is 5.82 Å². The minimum absolute atomic E-state index is 0.0297. The van der Waals surface area contributed by atoms with E-state index in [1.807, 2.05) is 6.92 Å². The summed E-state index contributed by atoms with van der Waals surface area (Å²) in [6.07, 6.45) is 3.25. The molecule has 6 nitrogen and oxygen atoms in total. The summed E-state index contributed by atoms with van der Waals surface area (Å²) in [5, 5.41) is 10.7. The van der Waals surface area contributed by atoms with Crippen LogP contribution in [0.25, 0.3) is 11.4 Å². The minimum atomic E-state index is -0.433. The van der Waals surface area contributed by atoms with Gasteiger partial charge in [-0.05, 0) is 12.5 Å². The van der Waals surface area contributed by atoms with Crippen LogP contribution in [-0.4, -0.2) is 14.9 Å². The van der Waals surface area contributed by atoms with Crippen LogP contribution >= 0.6 is 0 Å². The van der Waals surface area contributed by atoms with Crippen LogP contribution in [0, 0.1) is 17.0 Å².